The summed E-state index contributed by atoms with van der Waals surface area (Å²) < 4.78 is 6.21. The molecule has 0 spiro atoms. The van der Waals surface area contributed by atoms with Crippen LogP contribution in [-0.2, 0) is 4.74 Å². The molecule has 0 aliphatic carbocycles. The van der Waals surface area contributed by atoms with E-state index < -0.39 is 0 Å². The van der Waals surface area contributed by atoms with Crippen LogP contribution < -0.4 is 5.32 Å². The summed E-state index contributed by atoms with van der Waals surface area (Å²) in [7, 11) is 0. The molecule has 1 saturated heterocycles. The topological polar surface area (TPSA) is 34.2 Å². The number of nitrogens with one attached hydrogen (secondary N) is 1. The third-order valence-electron chi connectivity index (χ3n) is 2.68. The highest BCUT2D eigenvalue weighted by Crippen LogP contribution is 2.20. The third kappa shape index (κ3) is 3.18. The Morgan fingerprint density at radius 1 is 1.47 bits per heavy atom. The van der Waals surface area contributed by atoms with Gasteiger partial charge < -0.3 is 10.1 Å². The number of ether oxygens (including phenoxy) is 1. The maximum absolute atomic E-state index is 5.33. The van der Waals surface area contributed by atoms with Crippen LogP contribution in [0.1, 0.15) is 12.8 Å². The Hall–Kier alpha value is -0.610. The van der Waals surface area contributed by atoms with Crippen molar-refractivity contribution in [3.8, 4) is 0 Å². The van der Waals surface area contributed by atoms with Gasteiger partial charge in [-0.2, -0.15) is 0 Å². The van der Waals surface area contributed by atoms with Crippen molar-refractivity contribution >= 4 is 21.6 Å². The van der Waals surface area contributed by atoms with Gasteiger partial charge in [0.2, 0.25) is 0 Å². The number of hydrogen-bond donors (Lipinski definition) is 1. The van der Waals surface area contributed by atoms with Crippen LogP contribution >= 0.6 is 15.9 Å². The number of aromatic nitrogens is 1. The van der Waals surface area contributed by atoms with E-state index >= 15 is 0 Å². The molecule has 1 aliphatic heterocycles. The molecule has 1 aliphatic rings. The lowest BCUT2D eigenvalue weighted by Crippen LogP contribution is -2.22. The second-order valence-corrected chi connectivity index (χ2v) is 4.53. The Morgan fingerprint density at radius 3 is 3.00 bits per heavy atom. The Labute approximate surface area is 98.4 Å². The Kier molecular flexibility index (Phi) is 3.97. The van der Waals surface area contributed by atoms with Gasteiger partial charge in [-0.1, -0.05) is 0 Å². The van der Waals surface area contributed by atoms with E-state index in [-0.39, 0.29) is 0 Å². The van der Waals surface area contributed by atoms with E-state index in [2.05, 4.69) is 26.2 Å². The molecular formula is C11H15BrN2O. The van der Waals surface area contributed by atoms with Crippen molar-refractivity contribution in [2.45, 2.75) is 12.8 Å². The van der Waals surface area contributed by atoms with E-state index in [1.165, 1.54) is 0 Å². The first-order valence-electron chi connectivity index (χ1n) is 5.28. The minimum Gasteiger partial charge on any atom is -0.383 e. The van der Waals surface area contributed by atoms with Gasteiger partial charge in [0, 0.05) is 26.0 Å². The highest BCUT2D eigenvalue weighted by atomic mass is 79.9. The summed E-state index contributed by atoms with van der Waals surface area (Å²) in [5, 5.41) is 3.42. The smallest absolute Gasteiger partial charge is 0.129 e. The van der Waals surface area contributed by atoms with Crippen molar-refractivity contribution in [3.63, 3.8) is 0 Å². The van der Waals surface area contributed by atoms with Crippen molar-refractivity contribution in [1.29, 1.82) is 0 Å². The number of anilines is 1. The van der Waals surface area contributed by atoms with Crippen molar-refractivity contribution in [1.82, 2.24) is 4.98 Å². The summed E-state index contributed by atoms with van der Waals surface area (Å²) in [5.74, 6) is 0.728. The molecule has 0 amide bonds. The van der Waals surface area contributed by atoms with Gasteiger partial charge in [0.25, 0.3) is 0 Å². The van der Waals surface area contributed by atoms with Crippen molar-refractivity contribution in [2.24, 2.45) is 5.92 Å². The van der Waals surface area contributed by atoms with Gasteiger partial charge >= 0.3 is 0 Å². The van der Waals surface area contributed by atoms with Crippen LogP contribution in [0.5, 0.6) is 0 Å². The molecule has 1 fully saturated rings. The minimum absolute atomic E-state index is 0.728. The fourth-order valence-corrected chi connectivity index (χ4v) is 2.11. The first kappa shape index (κ1) is 10.9. The van der Waals surface area contributed by atoms with Crippen LogP contribution in [0.2, 0.25) is 0 Å². The number of pyridine rings is 1. The van der Waals surface area contributed by atoms with Crippen LogP contribution in [0.4, 0.5) is 5.69 Å². The zero-order valence-corrected chi connectivity index (χ0v) is 10.2. The van der Waals surface area contributed by atoms with E-state index in [4.69, 9.17) is 4.74 Å². The maximum Gasteiger partial charge on any atom is 0.129 e. The molecule has 1 aromatic rings. The molecule has 3 nitrogen and oxygen atoms in total. The van der Waals surface area contributed by atoms with Crippen LogP contribution in [0, 0.1) is 5.92 Å². The summed E-state index contributed by atoms with van der Waals surface area (Å²) in [5.41, 5.74) is 1.07. The van der Waals surface area contributed by atoms with Gasteiger partial charge in [0.05, 0.1) is 5.69 Å². The number of nitrogens with zero attached hydrogens (tertiary/aromatic N) is 1. The average Bonchev–Trinajstić information content (AvgIpc) is 2.29. The molecule has 1 N–H and O–H groups in total. The molecule has 0 aromatic carbocycles. The number of halogens is 1. The lowest BCUT2D eigenvalue weighted by molar-refractivity contribution is 0.0699. The molecule has 2 heterocycles. The molecule has 0 saturated carbocycles. The Morgan fingerprint density at radius 2 is 2.27 bits per heavy atom. The number of hydrogen-bond acceptors (Lipinski definition) is 3. The zero-order valence-electron chi connectivity index (χ0n) is 8.58. The predicted octanol–water partition coefficient (Wildman–Crippen LogP) is 2.68. The monoisotopic (exact) mass is 270 g/mol. The average molecular weight is 271 g/mol. The van der Waals surface area contributed by atoms with Crippen molar-refractivity contribution < 1.29 is 4.74 Å². The standard InChI is InChI=1S/C11H15BrN2O/c12-11-10(2-1-5-13-11)14-8-9-3-6-15-7-4-9/h1-2,5,9,14H,3-4,6-8H2. The minimum atomic E-state index is 0.728. The fourth-order valence-electron chi connectivity index (χ4n) is 1.72. The maximum atomic E-state index is 5.33. The SMILES string of the molecule is Brc1ncccc1NCC1CCOCC1. The third-order valence-corrected chi connectivity index (χ3v) is 3.31. The fraction of sp³-hybridized carbons (Fsp3) is 0.545. The van der Waals surface area contributed by atoms with Crippen molar-refractivity contribution in [2.75, 3.05) is 25.1 Å². The molecule has 2 rings (SSSR count). The predicted molar refractivity (Wildman–Crippen MR) is 64.0 cm³/mol. The summed E-state index contributed by atoms with van der Waals surface area (Å²) in [6.07, 6.45) is 4.10. The molecule has 0 radical (unpaired) electrons. The molecule has 0 atom stereocenters. The summed E-state index contributed by atoms with van der Waals surface area (Å²) in [6.45, 7) is 2.81. The first-order chi connectivity index (χ1) is 7.36. The van der Waals surface area contributed by atoms with E-state index in [0.29, 0.717) is 0 Å². The van der Waals surface area contributed by atoms with E-state index in [1.807, 2.05) is 12.1 Å². The van der Waals surface area contributed by atoms with Gasteiger partial charge in [-0.05, 0) is 46.8 Å². The van der Waals surface area contributed by atoms with Crippen LogP contribution in [-0.4, -0.2) is 24.7 Å². The quantitative estimate of drug-likeness (QED) is 0.858. The van der Waals surface area contributed by atoms with Gasteiger partial charge in [-0.25, -0.2) is 4.98 Å². The van der Waals surface area contributed by atoms with Crippen LogP contribution in [0.3, 0.4) is 0 Å². The van der Waals surface area contributed by atoms with Gasteiger partial charge in [0.1, 0.15) is 4.60 Å². The van der Waals surface area contributed by atoms with E-state index in [9.17, 15) is 0 Å². The summed E-state index contributed by atoms with van der Waals surface area (Å²) in [6, 6.07) is 3.98. The van der Waals surface area contributed by atoms with Gasteiger partial charge in [-0.3, -0.25) is 0 Å². The van der Waals surface area contributed by atoms with Crippen molar-refractivity contribution in [3.05, 3.63) is 22.9 Å². The highest BCUT2D eigenvalue weighted by molar-refractivity contribution is 9.10. The second-order valence-electron chi connectivity index (χ2n) is 3.78. The summed E-state index contributed by atoms with van der Waals surface area (Å²) >= 11 is 3.42. The first-order valence-corrected chi connectivity index (χ1v) is 6.07. The molecular weight excluding hydrogens is 256 g/mol. The lowest BCUT2D eigenvalue weighted by atomic mass is 10.0. The normalized spacial score (nSPS) is 17.7. The van der Waals surface area contributed by atoms with Crippen LogP contribution in [0.15, 0.2) is 22.9 Å². The Balaban J connectivity index is 1.84. The Bertz CT molecular complexity index is 313. The van der Waals surface area contributed by atoms with E-state index in [1.54, 1.807) is 6.20 Å². The largest absolute Gasteiger partial charge is 0.383 e. The summed E-state index contributed by atoms with van der Waals surface area (Å²) in [4.78, 5) is 4.17. The molecule has 1 aromatic heterocycles. The van der Waals surface area contributed by atoms with Crippen LogP contribution in [0.25, 0.3) is 0 Å². The number of rotatable bonds is 3. The van der Waals surface area contributed by atoms with Gasteiger partial charge in [-0.15, -0.1) is 0 Å². The molecule has 4 heteroatoms. The molecule has 0 unspecified atom stereocenters. The lowest BCUT2D eigenvalue weighted by Gasteiger charge is -2.22. The second kappa shape index (κ2) is 5.47. The highest BCUT2D eigenvalue weighted by Gasteiger charge is 2.13. The molecule has 15 heavy (non-hydrogen) atoms. The van der Waals surface area contributed by atoms with Gasteiger partial charge in [0.15, 0.2) is 0 Å². The molecule has 0 bridgehead atoms. The van der Waals surface area contributed by atoms with E-state index in [0.717, 1.165) is 48.8 Å². The molecule has 82 valence electrons. The zero-order chi connectivity index (χ0) is 10.5.